The summed E-state index contributed by atoms with van der Waals surface area (Å²) in [5.41, 5.74) is 0.704. The van der Waals surface area contributed by atoms with E-state index in [0.29, 0.717) is 12.1 Å². The number of carbonyl (C=O) groups excluding carboxylic acids is 1. The number of nitrogens with one attached hydrogen (secondary N) is 2. The monoisotopic (exact) mass is 290 g/mol. The smallest absolute Gasteiger partial charge is 0.330 e. The van der Waals surface area contributed by atoms with E-state index in [2.05, 4.69) is 17.6 Å². The largest absolute Gasteiger partial charge is 0.479 e. The van der Waals surface area contributed by atoms with Gasteiger partial charge in [-0.2, -0.15) is 0 Å². The lowest BCUT2D eigenvalue weighted by Crippen LogP contribution is -2.44. The predicted octanol–water partition coefficient (Wildman–Crippen LogP) is 2.69. The lowest BCUT2D eigenvalue weighted by atomic mass is 9.89. The van der Waals surface area contributed by atoms with Gasteiger partial charge in [0.2, 0.25) is 0 Å². The van der Waals surface area contributed by atoms with Crippen LogP contribution >= 0.6 is 0 Å². The molecule has 1 aromatic carbocycles. The third kappa shape index (κ3) is 4.21. The molecule has 1 aromatic rings. The average molecular weight is 290 g/mol. The van der Waals surface area contributed by atoms with Crippen molar-refractivity contribution < 1.29 is 14.7 Å². The Hall–Kier alpha value is -2.04. The predicted molar refractivity (Wildman–Crippen MR) is 79.9 cm³/mol. The van der Waals surface area contributed by atoms with Crippen LogP contribution in [0.4, 0.5) is 4.79 Å². The number of carboxylic acids is 1. The van der Waals surface area contributed by atoms with E-state index in [-0.39, 0.29) is 5.41 Å². The van der Waals surface area contributed by atoms with Gasteiger partial charge in [-0.3, -0.25) is 0 Å². The number of hydrogen-bond acceptors (Lipinski definition) is 2. The second-order valence-electron chi connectivity index (χ2n) is 6.03. The first-order valence-electron chi connectivity index (χ1n) is 7.32. The zero-order valence-corrected chi connectivity index (χ0v) is 12.3. The molecule has 5 heteroatoms. The van der Waals surface area contributed by atoms with Crippen molar-refractivity contribution in [2.75, 3.05) is 6.54 Å². The molecule has 0 saturated heterocycles. The van der Waals surface area contributed by atoms with Crippen LogP contribution in [0.1, 0.15) is 44.2 Å². The molecule has 114 valence electrons. The Morgan fingerprint density at radius 1 is 1.24 bits per heavy atom. The molecule has 0 bridgehead atoms. The summed E-state index contributed by atoms with van der Waals surface area (Å²) in [5.74, 6) is -1.07. The summed E-state index contributed by atoms with van der Waals surface area (Å²) in [6.45, 7) is 2.74. The van der Waals surface area contributed by atoms with Gasteiger partial charge < -0.3 is 15.7 Å². The molecule has 5 nitrogen and oxygen atoms in total. The average Bonchev–Trinajstić information content (AvgIpc) is 2.90. The topological polar surface area (TPSA) is 78.4 Å². The lowest BCUT2D eigenvalue weighted by molar-refractivity contribution is -0.139. The summed E-state index contributed by atoms with van der Waals surface area (Å²) >= 11 is 0. The second kappa shape index (κ2) is 6.61. The van der Waals surface area contributed by atoms with Crippen LogP contribution in [0.15, 0.2) is 30.3 Å². The number of carbonyl (C=O) groups is 2. The van der Waals surface area contributed by atoms with Crippen molar-refractivity contribution in [3.05, 3.63) is 35.9 Å². The van der Waals surface area contributed by atoms with Crippen molar-refractivity contribution >= 4 is 12.0 Å². The van der Waals surface area contributed by atoms with Gasteiger partial charge in [0, 0.05) is 6.54 Å². The molecule has 0 radical (unpaired) electrons. The number of aliphatic carboxylic acids is 1. The van der Waals surface area contributed by atoms with E-state index < -0.39 is 18.0 Å². The molecule has 1 saturated carbocycles. The molecule has 1 fully saturated rings. The van der Waals surface area contributed by atoms with Crippen LogP contribution in [0.3, 0.4) is 0 Å². The molecule has 0 aromatic heterocycles. The van der Waals surface area contributed by atoms with Gasteiger partial charge in [0.1, 0.15) is 0 Å². The van der Waals surface area contributed by atoms with Crippen LogP contribution in [-0.2, 0) is 4.79 Å². The van der Waals surface area contributed by atoms with Crippen molar-refractivity contribution in [1.29, 1.82) is 0 Å². The van der Waals surface area contributed by atoms with Gasteiger partial charge in [0.05, 0.1) is 0 Å². The van der Waals surface area contributed by atoms with Crippen LogP contribution in [0.5, 0.6) is 0 Å². The second-order valence-corrected chi connectivity index (χ2v) is 6.03. The van der Waals surface area contributed by atoms with Gasteiger partial charge in [-0.1, -0.05) is 50.1 Å². The maximum Gasteiger partial charge on any atom is 0.330 e. The van der Waals surface area contributed by atoms with Crippen molar-refractivity contribution in [2.45, 2.75) is 38.6 Å². The maximum atomic E-state index is 11.9. The molecule has 2 amide bonds. The number of urea groups is 1. The first-order valence-corrected chi connectivity index (χ1v) is 7.32. The van der Waals surface area contributed by atoms with E-state index in [0.717, 1.165) is 12.8 Å². The molecular formula is C16H22N2O3. The number of rotatable bonds is 5. The van der Waals surface area contributed by atoms with Gasteiger partial charge in [0.25, 0.3) is 0 Å². The van der Waals surface area contributed by atoms with E-state index >= 15 is 0 Å². The van der Waals surface area contributed by atoms with Crippen molar-refractivity contribution in [3.8, 4) is 0 Å². The molecule has 2 rings (SSSR count). The molecule has 3 N–H and O–H groups in total. The number of hydrogen-bond donors (Lipinski definition) is 3. The third-order valence-corrected chi connectivity index (χ3v) is 4.14. The highest BCUT2D eigenvalue weighted by Gasteiger charge is 2.29. The van der Waals surface area contributed by atoms with Crippen LogP contribution in [-0.4, -0.2) is 23.7 Å². The fraction of sp³-hybridized carbons (Fsp3) is 0.500. The van der Waals surface area contributed by atoms with Crippen LogP contribution in [0.25, 0.3) is 0 Å². The summed E-state index contributed by atoms with van der Waals surface area (Å²) in [4.78, 5) is 23.3. The van der Waals surface area contributed by atoms with Gasteiger partial charge in [-0.25, -0.2) is 9.59 Å². The van der Waals surface area contributed by atoms with Crippen molar-refractivity contribution in [3.63, 3.8) is 0 Å². The molecule has 1 unspecified atom stereocenters. The normalized spacial score (nSPS) is 18.0. The maximum absolute atomic E-state index is 11.9. The molecule has 0 aliphatic heterocycles. The number of amides is 2. The van der Waals surface area contributed by atoms with Gasteiger partial charge in [-0.05, 0) is 23.8 Å². The highest BCUT2D eigenvalue weighted by Crippen LogP contribution is 2.36. The van der Waals surface area contributed by atoms with Crippen LogP contribution in [0.2, 0.25) is 0 Å². The Bertz CT molecular complexity index is 496. The molecular weight excluding hydrogens is 268 g/mol. The summed E-state index contributed by atoms with van der Waals surface area (Å²) in [6, 6.07) is 7.24. The zero-order chi connectivity index (χ0) is 15.3. The first-order chi connectivity index (χ1) is 10.0. The molecule has 0 spiro atoms. The van der Waals surface area contributed by atoms with Gasteiger partial charge in [0.15, 0.2) is 6.04 Å². The molecule has 1 atom stereocenters. The Labute approximate surface area is 124 Å². The fourth-order valence-electron chi connectivity index (χ4n) is 2.81. The van der Waals surface area contributed by atoms with E-state index in [1.807, 2.05) is 6.07 Å². The Morgan fingerprint density at radius 3 is 2.43 bits per heavy atom. The van der Waals surface area contributed by atoms with Gasteiger partial charge >= 0.3 is 12.0 Å². The van der Waals surface area contributed by atoms with Crippen molar-refractivity contribution in [2.24, 2.45) is 5.41 Å². The van der Waals surface area contributed by atoms with E-state index in [1.54, 1.807) is 24.3 Å². The molecule has 21 heavy (non-hydrogen) atoms. The molecule has 1 aliphatic carbocycles. The standard InChI is InChI=1S/C16H22N2O3/c1-16(9-5-6-10-16)11-17-15(21)18-13(14(19)20)12-7-3-2-4-8-12/h2-4,7-8,13H,5-6,9-11H2,1H3,(H,19,20)(H2,17,18,21). The molecule has 0 heterocycles. The first kappa shape index (κ1) is 15.4. The lowest BCUT2D eigenvalue weighted by Gasteiger charge is -2.24. The van der Waals surface area contributed by atoms with E-state index in [1.165, 1.54) is 12.8 Å². The minimum absolute atomic E-state index is 0.142. The summed E-state index contributed by atoms with van der Waals surface area (Å²) in [7, 11) is 0. The number of carboxylic acid groups (broad SMARTS) is 1. The summed E-state index contributed by atoms with van der Waals surface area (Å²) < 4.78 is 0. The highest BCUT2D eigenvalue weighted by molar-refractivity contribution is 5.83. The number of benzene rings is 1. The van der Waals surface area contributed by atoms with E-state index in [4.69, 9.17) is 0 Å². The van der Waals surface area contributed by atoms with E-state index in [9.17, 15) is 14.7 Å². The fourth-order valence-corrected chi connectivity index (χ4v) is 2.81. The summed E-state index contributed by atoms with van der Waals surface area (Å²) in [5, 5.41) is 14.6. The van der Waals surface area contributed by atoms with Gasteiger partial charge in [-0.15, -0.1) is 0 Å². The van der Waals surface area contributed by atoms with Crippen LogP contribution < -0.4 is 10.6 Å². The minimum Gasteiger partial charge on any atom is -0.479 e. The SMILES string of the molecule is CC1(CNC(=O)NC(C(=O)O)c2ccccc2)CCCC1. The Balaban J connectivity index is 1.91. The minimum atomic E-state index is -1.07. The molecule has 1 aliphatic rings. The third-order valence-electron chi connectivity index (χ3n) is 4.14. The Morgan fingerprint density at radius 2 is 1.86 bits per heavy atom. The quantitative estimate of drug-likeness (QED) is 0.780. The summed E-state index contributed by atoms with van der Waals surface area (Å²) in [6.07, 6.45) is 4.60. The van der Waals surface area contributed by atoms with Crippen LogP contribution in [0, 0.1) is 5.41 Å². The highest BCUT2D eigenvalue weighted by atomic mass is 16.4. The van der Waals surface area contributed by atoms with Crippen molar-refractivity contribution in [1.82, 2.24) is 10.6 Å². The Kier molecular flexibility index (Phi) is 4.83. The zero-order valence-electron chi connectivity index (χ0n) is 12.3.